The van der Waals surface area contributed by atoms with Crippen molar-refractivity contribution in [2.24, 2.45) is 5.92 Å². The van der Waals surface area contributed by atoms with Crippen LogP contribution in [0.5, 0.6) is 0 Å². The normalized spacial score (nSPS) is 20.2. The Morgan fingerprint density at radius 2 is 2.33 bits per heavy atom. The van der Waals surface area contributed by atoms with Gasteiger partial charge in [-0.15, -0.1) is 0 Å². The molecule has 0 saturated carbocycles. The van der Waals surface area contributed by atoms with Gasteiger partial charge in [-0.05, 0) is 45.2 Å². The van der Waals surface area contributed by atoms with Crippen LogP contribution in [0, 0.1) is 18.7 Å². The number of ether oxygens (including phenoxy) is 1. The summed E-state index contributed by atoms with van der Waals surface area (Å²) in [6.07, 6.45) is 2.22. The number of amides is 1. The van der Waals surface area contributed by atoms with Gasteiger partial charge in [0.1, 0.15) is 5.82 Å². The number of carbonyl (C=O) groups is 1. The molecule has 1 saturated heterocycles. The zero-order chi connectivity index (χ0) is 17.6. The van der Waals surface area contributed by atoms with Crippen molar-refractivity contribution >= 4 is 6.09 Å². The van der Waals surface area contributed by atoms with Gasteiger partial charge in [-0.25, -0.2) is 9.18 Å². The number of alkyl carbamates (subject to hydrolysis) is 1. The van der Waals surface area contributed by atoms with Crippen LogP contribution in [0.2, 0.25) is 0 Å². The van der Waals surface area contributed by atoms with Crippen LogP contribution in [-0.4, -0.2) is 37.9 Å². The number of benzene rings is 1. The molecule has 134 valence electrons. The fourth-order valence-corrected chi connectivity index (χ4v) is 3.41. The molecule has 0 aromatic heterocycles. The monoisotopic (exact) mass is 338 g/mol. The Morgan fingerprint density at radius 1 is 1.54 bits per heavy atom. The highest BCUT2D eigenvalue weighted by atomic mass is 19.1. The molecule has 1 aromatic carbocycles. The maximum atomic E-state index is 14.4. The summed E-state index contributed by atoms with van der Waals surface area (Å²) in [7, 11) is 1.31. The van der Waals surface area contributed by atoms with E-state index in [4.69, 9.17) is 0 Å². The van der Waals surface area contributed by atoms with Crippen LogP contribution < -0.4 is 10.6 Å². The van der Waals surface area contributed by atoms with E-state index < -0.39 is 11.7 Å². The highest BCUT2D eigenvalue weighted by molar-refractivity contribution is 5.66. The zero-order valence-corrected chi connectivity index (χ0v) is 14.4. The Bertz CT molecular complexity index is 561. The lowest BCUT2D eigenvalue weighted by Gasteiger charge is -2.39. The van der Waals surface area contributed by atoms with Crippen molar-refractivity contribution in [1.29, 1.82) is 0 Å². The van der Waals surface area contributed by atoms with Crippen molar-refractivity contribution in [3.05, 3.63) is 35.1 Å². The van der Waals surface area contributed by atoms with Gasteiger partial charge in [0.05, 0.1) is 12.7 Å². The Labute approximate surface area is 142 Å². The van der Waals surface area contributed by atoms with Gasteiger partial charge in [0.25, 0.3) is 0 Å². The smallest absolute Gasteiger partial charge is 0.406 e. The summed E-state index contributed by atoms with van der Waals surface area (Å²) in [5.41, 5.74) is 0.0250. The van der Waals surface area contributed by atoms with Crippen molar-refractivity contribution in [3.8, 4) is 0 Å². The summed E-state index contributed by atoms with van der Waals surface area (Å²) in [5, 5.41) is 17.3. The minimum absolute atomic E-state index is 0.0549. The molecule has 1 aliphatic rings. The van der Waals surface area contributed by atoms with Crippen LogP contribution in [-0.2, 0) is 10.3 Å². The Balaban J connectivity index is 2.17. The molecule has 5 nitrogen and oxygen atoms in total. The molecule has 1 heterocycles. The summed E-state index contributed by atoms with van der Waals surface area (Å²) in [4.78, 5) is 11.1. The number of hydrogen-bond donors (Lipinski definition) is 3. The molecule has 2 atom stereocenters. The molecule has 6 heteroatoms. The largest absolute Gasteiger partial charge is 0.453 e. The van der Waals surface area contributed by atoms with Gasteiger partial charge >= 0.3 is 6.09 Å². The predicted molar refractivity (Wildman–Crippen MR) is 90.3 cm³/mol. The molecule has 1 aliphatic heterocycles. The third-order valence-electron chi connectivity index (χ3n) is 4.75. The van der Waals surface area contributed by atoms with Crippen molar-refractivity contribution in [2.75, 3.05) is 26.7 Å². The molecule has 2 rings (SSSR count). The fraction of sp³-hybridized carbons (Fsp3) is 0.611. The number of aliphatic hydroxyl groups is 1. The number of piperidine rings is 1. The van der Waals surface area contributed by atoms with E-state index in [1.54, 1.807) is 12.1 Å². The first-order valence-corrected chi connectivity index (χ1v) is 8.49. The molecule has 0 bridgehead atoms. The van der Waals surface area contributed by atoms with Gasteiger partial charge in [-0.2, -0.15) is 0 Å². The Hall–Kier alpha value is -1.66. The van der Waals surface area contributed by atoms with Crippen LogP contribution in [0.1, 0.15) is 36.8 Å². The topological polar surface area (TPSA) is 70.6 Å². The van der Waals surface area contributed by atoms with E-state index in [2.05, 4.69) is 15.4 Å². The molecule has 0 radical (unpaired) electrons. The lowest BCUT2D eigenvalue weighted by Crippen LogP contribution is -2.45. The first-order chi connectivity index (χ1) is 11.5. The first kappa shape index (κ1) is 18.7. The highest BCUT2D eigenvalue weighted by Gasteiger charge is 2.40. The average Bonchev–Trinajstić information content (AvgIpc) is 2.61. The molecule has 1 aromatic rings. The molecular formula is C18H27FN2O3. The van der Waals surface area contributed by atoms with E-state index in [9.17, 15) is 14.3 Å². The number of aryl methyl sites for hydroxylation is 1. The van der Waals surface area contributed by atoms with E-state index >= 15 is 0 Å². The van der Waals surface area contributed by atoms with Crippen molar-refractivity contribution in [3.63, 3.8) is 0 Å². The van der Waals surface area contributed by atoms with Gasteiger partial charge in [-0.3, -0.25) is 0 Å². The lowest BCUT2D eigenvalue weighted by atomic mass is 9.74. The van der Waals surface area contributed by atoms with Crippen LogP contribution in [0.3, 0.4) is 0 Å². The summed E-state index contributed by atoms with van der Waals surface area (Å²) >= 11 is 0. The van der Waals surface area contributed by atoms with Crippen LogP contribution in [0.25, 0.3) is 0 Å². The molecule has 0 spiro atoms. The molecule has 24 heavy (non-hydrogen) atoms. The second-order valence-corrected chi connectivity index (χ2v) is 6.47. The summed E-state index contributed by atoms with van der Waals surface area (Å²) in [6.45, 7) is 3.85. The number of nitrogens with one attached hydrogen (secondary N) is 2. The standard InChI is InChI=1S/C18H27FN2O3/c1-13-6-7-16(19)15(11-13)18(23,14-5-3-9-20-12-14)8-4-10-21-17(22)24-2/h6-7,11,14,20,23H,3-5,8-10,12H2,1-2H3,(H,21,22). The van der Waals surface area contributed by atoms with E-state index in [0.29, 0.717) is 31.5 Å². The second-order valence-electron chi connectivity index (χ2n) is 6.47. The maximum Gasteiger partial charge on any atom is 0.406 e. The number of hydrogen-bond acceptors (Lipinski definition) is 4. The molecule has 0 aliphatic carbocycles. The summed E-state index contributed by atoms with van der Waals surface area (Å²) in [5.74, 6) is -0.435. The van der Waals surface area contributed by atoms with E-state index in [0.717, 1.165) is 24.9 Å². The quantitative estimate of drug-likeness (QED) is 0.697. The van der Waals surface area contributed by atoms with Gasteiger partial charge in [0.2, 0.25) is 0 Å². The first-order valence-electron chi connectivity index (χ1n) is 8.49. The molecule has 2 unspecified atom stereocenters. The van der Waals surface area contributed by atoms with Gasteiger partial charge in [0, 0.05) is 24.6 Å². The lowest BCUT2D eigenvalue weighted by molar-refractivity contribution is -0.0448. The molecule has 1 fully saturated rings. The minimum atomic E-state index is -1.25. The average molecular weight is 338 g/mol. The van der Waals surface area contributed by atoms with Crippen LogP contribution >= 0.6 is 0 Å². The Kier molecular flexibility index (Phi) is 6.57. The van der Waals surface area contributed by atoms with Gasteiger partial charge < -0.3 is 20.5 Å². The second kappa shape index (κ2) is 8.44. The molecular weight excluding hydrogens is 311 g/mol. The minimum Gasteiger partial charge on any atom is -0.453 e. The molecule has 3 N–H and O–H groups in total. The van der Waals surface area contributed by atoms with Crippen LogP contribution in [0.4, 0.5) is 9.18 Å². The van der Waals surface area contributed by atoms with E-state index in [1.807, 2.05) is 6.92 Å². The fourth-order valence-electron chi connectivity index (χ4n) is 3.41. The third-order valence-corrected chi connectivity index (χ3v) is 4.75. The van der Waals surface area contributed by atoms with Gasteiger partial charge in [-0.1, -0.05) is 17.7 Å². The number of carbonyl (C=O) groups excluding carboxylic acids is 1. The number of methoxy groups -OCH3 is 1. The van der Waals surface area contributed by atoms with Crippen molar-refractivity contribution in [2.45, 2.75) is 38.2 Å². The summed E-state index contributed by atoms with van der Waals surface area (Å²) in [6, 6.07) is 4.85. The van der Waals surface area contributed by atoms with Crippen molar-refractivity contribution < 1.29 is 19.0 Å². The molecule has 1 amide bonds. The zero-order valence-electron chi connectivity index (χ0n) is 14.4. The third kappa shape index (κ3) is 4.45. The SMILES string of the molecule is COC(=O)NCCCC(O)(c1cc(C)ccc1F)C1CCCNC1. The summed E-state index contributed by atoms with van der Waals surface area (Å²) < 4.78 is 19.0. The maximum absolute atomic E-state index is 14.4. The van der Waals surface area contributed by atoms with Crippen molar-refractivity contribution in [1.82, 2.24) is 10.6 Å². The van der Waals surface area contributed by atoms with Crippen LogP contribution in [0.15, 0.2) is 18.2 Å². The number of halogens is 1. The highest BCUT2D eigenvalue weighted by Crippen LogP contribution is 2.39. The van der Waals surface area contributed by atoms with Gasteiger partial charge in [0.15, 0.2) is 0 Å². The predicted octanol–water partition coefficient (Wildman–Crippen LogP) is 2.46. The number of rotatable bonds is 6. The van der Waals surface area contributed by atoms with E-state index in [1.165, 1.54) is 13.2 Å². The Morgan fingerprint density at radius 3 is 3.00 bits per heavy atom. The van der Waals surface area contributed by atoms with E-state index in [-0.39, 0.29) is 11.7 Å².